The Labute approximate surface area is 165 Å². The highest BCUT2D eigenvalue weighted by molar-refractivity contribution is 9.10. The Morgan fingerprint density at radius 1 is 1.15 bits per heavy atom. The van der Waals surface area contributed by atoms with Crippen molar-refractivity contribution in [2.24, 2.45) is 0 Å². The SMILES string of the molecule is Cc1nc(-c2ccc(CCNC(=O)COc3ccc(Br)cc3)cc2)cs1. The number of carbonyl (C=O) groups is 1. The first kappa shape index (κ1) is 18.6. The molecule has 0 aliphatic heterocycles. The van der Waals surface area contributed by atoms with Crippen LogP contribution in [0, 0.1) is 6.92 Å². The van der Waals surface area contributed by atoms with Crippen molar-refractivity contribution < 1.29 is 9.53 Å². The van der Waals surface area contributed by atoms with E-state index in [1.54, 1.807) is 11.3 Å². The topological polar surface area (TPSA) is 51.2 Å². The molecule has 3 rings (SSSR count). The minimum absolute atomic E-state index is 0.0176. The van der Waals surface area contributed by atoms with E-state index in [0.29, 0.717) is 12.3 Å². The lowest BCUT2D eigenvalue weighted by molar-refractivity contribution is -0.123. The van der Waals surface area contributed by atoms with Gasteiger partial charge in [-0.25, -0.2) is 4.98 Å². The number of amides is 1. The molecule has 4 nitrogen and oxygen atoms in total. The number of nitrogens with zero attached hydrogens (tertiary/aromatic N) is 1. The van der Waals surface area contributed by atoms with Gasteiger partial charge < -0.3 is 10.1 Å². The van der Waals surface area contributed by atoms with Gasteiger partial charge in [0, 0.05) is 22.0 Å². The first-order chi connectivity index (χ1) is 12.6. The number of benzene rings is 2. The Hall–Kier alpha value is -2.18. The Kier molecular flexibility index (Phi) is 6.41. The Morgan fingerprint density at radius 2 is 1.88 bits per heavy atom. The molecule has 0 spiro atoms. The molecule has 26 heavy (non-hydrogen) atoms. The van der Waals surface area contributed by atoms with Crippen LogP contribution in [-0.4, -0.2) is 24.0 Å². The molecule has 1 heterocycles. The molecule has 6 heteroatoms. The van der Waals surface area contributed by atoms with Crippen molar-refractivity contribution in [1.82, 2.24) is 10.3 Å². The van der Waals surface area contributed by atoms with Crippen molar-refractivity contribution in [1.29, 1.82) is 0 Å². The van der Waals surface area contributed by atoms with Gasteiger partial charge in [-0.1, -0.05) is 40.2 Å². The zero-order chi connectivity index (χ0) is 18.4. The smallest absolute Gasteiger partial charge is 0.257 e. The van der Waals surface area contributed by atoms with E-state index in [1.165, 1.54) is 5.56 Å². The van der Waals surface area contributed by atoms with Crippen LogP contribution >= 0.6 is 27.3 Å². The second-order valence-corrected chi connectivity index (χ2v) is 7.77. The summed E-state index contributed by atoms with van der Waals surface area (Å²) in [7, 11) is 0. The number of hydrogen-bond donors (Lipinski definition) is 1. The minimum Gasteiger partial charge on any atom is -0.484 e. The average molecular weight is 431 g/mol. The zero-order valence-corrected chi connectivity index (χ0v) is 16.8. The normalized spacial score (nSPS) is 10.5. The molecule has 1 N–H and O–H groups in total. The predicted octanol–water partition coefficient (Wildman–Crippen LogP) is 4.62. The van der Waals surface area contributed by atoms with E-state index in [1.807, 2.05) is 31.2 Å². The first-order valence-electron chi connectivity index (χ1n) is 8.27. The fourth-order valence-electron chi connectivity index (χ4n) is 2.42. The van der Waals surface area contributed by atoms with E-state index in [0.717, 1.165) is 27.2 Å². The third-order valence-electron chi connectivity index (χ3n) is 3.79. The van der Waals surface area contributed by atoms with Crippen molar-refractivity contribution in [3.05, 3.63) is 69.0 Å². The van der Waals surface area contributed by atoms with Crippen molar-refractivity contribution in [2.45, 2.75) is 13.3 Å². The van der Waals surface area contributed by atoms with Gasteiger partial charge >= 0.3 is 0 Å². The summed E-state index contributed by atoms with van der Waals surface area (Å²) < 4.78 is 6.43. The number of aryl methyl sites for hydroxylation is 1. The van der Waals surface area contributed by atoms with Gasteiger partial charge in [-0.2, -0.15) is 0 Å². The van der Waals surface area contributed by atoms with Crippen LogP contribution in [0.1, 0.15) is 10.6 Å². The number of aromatic nitrogens is 1. The predicted molar refractivity (Wildman–Crippen MR) is 109 cm³/mol. The first-order valence-corrected chi connectivity index (χ1v) is 9.94. The second kappa shape index (κ2) is 8.96. The van der Waals surface area contributed by atoms with Crippen molar-refractivity contribution >= 4 is 33.2 Å². The van der Waals surface area contributed by atoms with Crippen molar-refractivity contribution in [3.8, 4) is 17.0 Å². The third kappa shape index (κ3) is 5.41. The number of ether oxygens (including phenoxy) is 1. The summed E-state index contributed by atoms with van der Waals surface area (Å²) in [6.45, 7) is 2.60. The van der Waals surface area contributed by atoms with Gasteiger partial charge in [-0.05, 0) is 43.2 Å². The Balaban J connectivity index is 1.41. The lowest BCUT2D eigenvalue weighted by atomic mass is 10.1. The molecular weight excluding hydrogens is 412 g/mol. The fraction of sp³-hybridized carbons (Fsp3) is 0.200. The van der Waals surface area contributed by atoms with Gasteiger partial charge in [0.2, 0.25) is 0 Å². The van der Waals surface area contributed by atoms with E-state index in [2.05, 4.69) is 55.9 Å². The largest absolute Gasteiger partial charge is 0.484 e. The average Bonchev–Trinajstić information content (AvgIpc) is 3.08. The van der Waals surface area contributed by atoms with Crippen molar-refractivity contribution in [2.75, 3.05) is 13.2 Å². The molecule has 1 aromatic heterocycles. The summed E-state index contributed by atoms with van der Waals surface area (Å²) >= 11 is 5.01. The van der Waals surface area contributed by atoms with E-state index in [9.17, 15) is 4.79 Å². The molecule has 3 aromatic rings. The second-order valence-electron chi connectivity index (χ2n) is 5.79. The number of nitrogens with one attached hydrogen (secondary N) is 1. The number of halogens is 1. The number of carbonyl (C=O) groups excluding carboxylic acids is 1. The highest BCUT2D eigenvalue weighted by Gasteiger charge is 2.04. The van der Waals surface area contributed by atoms with Gasteiger partial charge in [-0.3, -0.25) is 4.79 Å². The Bertz CT molecular complexity index is 860. The zero-order valence-electron chi connectivity index (χ0n) is 14.4. The number of thiazole rings is 1. The van der Waals surface area contributed by atoms with Crippen molar-refractivity contribution in [3.63, 3.8) is 0 Å². The molecule has 0 fully saturated rings. The maximum absolute atomic E-state index is 11.9. The molecule has 134 valence electrons. The third-order valence-corrected chi connectivity index (χ3v) is 5.09. The molecule has 0 aliphatic rings. The van der Waals surface area contributed by atoms with Gasteiger partial charge in [0.1, 0.15) is 5.75 Å². The molecule has 0 bridgehead atoms. The highest BCUT2D eigenvalue weighted by Crippen LogP contribution is 2.21. The van der Waals surface area contributed by atoms with Gasteiger partial charge in [0.25, 0.3) is 5.91 Å². The van der Waals surface area contributed by atoms with Crippen LogP contribution in [0.5, 0.6) is 5.75 Å². The van der Waals surface area contributed by atoms with E-state index in [-0.39, 0.29) is 12.5 Å². The van der Waals surface area contributed by atoms with Gasteiger partial charge in [0.15, 0.2) is 6.61 Å². The van der Waals surface area contributed by atoms with Gasteiger partial charge in [-0.15, -0.1) is 11.3 Å². The van der Waals surface area contributed by atoms with Crippen LogP contribution in [0.25, 0.3) is 11.3 Å². The van der Waals surface area contributed by atoms with Crippen LogP contribution < -0.4 is 10.1 Å². The molecule has 0 radical (unpaired) electrons. The van der Waals surface area contributed by atoms with Crippen LogP contribution in [0.3, 0.4) is 0 Å². The summed E-state index contributed by atoms with van der Waals surface area (Å²) in [4.78, 5) is 16.4. The lowest BCUT2D eigenvalue weighted by Crippen LogP contribution is -2.30. The Morgan fingerprint density at radius 3 is 2.54 bits per heavy atom. The monoisotopic (exact) mass is 430 g/mol. The maximum Gasteiger partial charge on any atom is 0.257 e. The summed E-state index contributed by atoms with van der Waals surface area (Å²) in [5.74, 6) is 0.554. The fourth-order valence-corrected chi connectivity index (χ4v) is 3.30. The molecule has 0 saturated carbocycles. The van der Waals surface area contributed by atoms with E-state index < -0.39 is 0 Å². The maximum atomic E-state index is 11.9. The molecule has 0 unspecified atom stereocenters. The molecular formula is C20H19BrN2O2S. The van der Waals surface area contributed by atoms with Crippen LogP contribution in [-0.2, 0) is 11.2 Å². The standard InChI is InChI=1S/C20H19BrN2O2S/c1-14-23-19(13-26-14)16-4-2-15(3-5-16)10-11-22-20(24)12-25-18-8-6-17(21)7-9-18/h2-9,13H,10-12H2,1H3,(H,22,24). The van der Waals surface area contributed by atoms with Crippen LogP contribution in [0.15, 0.2) is 58.4 Å². The lowest BCUT2D eigenvalue weighted by Gasteiger charge is -2.08. The molecule has 1 amide bonds. The number of hydrogen-bond acceptors (Lipinski definition) is 4. The molecule has 2 aromatic carbocycles. The number of rotatable bonds is 7. The molecule has 0 atom stereocenters. The molecule has 0 saturated heterocycles. The van der Waals surface area contributed by atoms with E-state index in [4.69, 9.17) is 4.74 Å². The van der Waals surface area contributed by atoms with E-state index >= 15 is 0 Å². The summed E-state index contributed by atoms with van der Waals surface area (Å²) in [5.41, 5.74) is 3.30. The minimum atomic E-state index is -0.123. The molecule has 0 aliphatic carbocycles. The highest BCUT2D eigenvalue weighted by atomic mass is 79.9. The van der Waals surface area contributed by atoms with Crippen LogP contribution in [0.4, 0.5) is 0 Å². The summed E-state index contributed by atoms with van der Waals surface area (Å²) in [6, 6.07) is 15.7. The van der Waals surface area contributed by atoms with Crippen LogP contribution in [0.2, 0.25) is 0 Å². The quantitative estimate of drug-likeness (QED) is 0.594. The van der Waals surface area contributed by atoms with Gasteiger partial charge in [0.05, 0.1) is 10.7 Å². The summed E-state index contributed by atoms with van der Waals surface area (Å²) in [5, 5.41) is 6.01. The summed E-state index contributed by atoms with van der Waals surface area (Å²) in [6.07, 6.45) is 0.778.